The molecule has 3 rings (SSSR count). The summed E-state index contributed by atoms with van der Waals surface area (Å²) in [4.78, 5) is 24.6. The first-order chi connectivity index (χ1) is 15.4. The van der Waals surface area contributed by atoms with Crippen molar-refractivity contribution in [3.8, 4) is 17.1 Å². The number of aromatic nitrogens is 3. The lowest BCUT2D eigenvalue weighted by Crippen LogP contribution is -2.47. The van der Waals surface area contributed by atoms with Crippen molar-refractivity contribution in [1.29, 1.82) is 0 Å². The van der Waals surface area contributed by atoms with Crippen LogP contribution in [0.3, 0.4) is 0 Å². The molecule has 1 aromatic heterocycles. The number of para-hydroxylation sites is 1. The van der Waals surface area contributed by atoms with Crippen molar-refractivity contribution < 1.29 is 14.0 Å². The topological polar surface area (TPSA) is 88.9 Å². The van der Waals surface area contributed by atoms with Crippen molar-refractivity contribution in [3.63, 3.8) is 0 Å². The van der Waals surface area contributed by atoms with Crippen LogP contribution in [0.1, 0.15) is 27.2 Å². The number of benzene rings is 2. The fraction of sp³-hybridized carbons (Fsp3) is 0.304. The van der Waals surface area contributed by atoms with Crippen molar-refractivity contribution in [2.45, 2.75) is 44.4 Å². The van der Waals surface area contributed by atoms with E-state index in [-0.39, 0.29) is 29.4 Å². The lowest BCUT2D eigenvalue weighted by molar-refractivity contribution is -0.127. The van der Waals surface area contributed by atoms with Crippen LogP contribution in [0.25, 0.3) is 17.1 Å². The fourth-order valence-corrected chi connectivity index (χ4v) is 3.67. The summed E-state index contributed by atoms with van der Waals surface area (Å²) >= 11 is 1.21. The molecule has 0 saturated heterocycles. The number of carbonyl (C=O) groups excluding carboxylic acids is 2. The maximum absolute atomic E-state index is 13.4. The Morgan fingerprint density at radius 2 is 1.72 bits per heavy atom. The summed E-state index contributed by atoms with van der Waals surface area (Å²) in [6, 6.07) is 14.9. The minimum atomic E-state index is -0.640. The zero-order valence-corrected chi connectivity index (χ0v) is 19.0. The van der Waals surface area contributed by atoms with Gasteiger partial charge in [0.1, 0.15) is 11.9 Å². The summed E-state index contributed by atoms with van der Waals surface area (Å²) in [5, 5.41) is 14.6. The lowest BCUT2D eigenvalue weighted by atomic mass is 10.2. The Labute approximate surface area is 190 Å². The van der Waals surface area contributed by atoms with E-state index >= 15 is 0 Å². The molecule has 0 radical (unpaired) electrons. The molecule has 0 bridgehead atoms. The second-order valence-electron chi connectivity index (χ2n) is 7.38. The number of amides is 2. The third-order valence-corrected chi connectivity index (χ3v) is 5.78. The highest BCUT2D eigenvalue weighted by atomic mass is 32.2. The van der Waals surface area contributed by atoms with Gasteiger partial charge in [-0.05, 0) is 56.7 Å². The van der Waals surface area contributed by atoms with Gasteiger partial charge in [-0.3, -0.25) is 14.2 Å². The molecule has 0 saturated carbocycles. The summed E-state index contributed by atoms with van der Waals surface area (Å²) in [7, 11) is 0. The molecule has 3 aromatic rings. The second-order valence-corrected chi connectivity index (χ2v) is 8.32. The first-order valence-electron chi connectivity index (χ1n) is 10.4. The van der Waals surface area contributed by atoms with Gasteiger partial charge in [0.2, 0.25) is 11.8 Å². The Morgan fingerprint density at radius 3 is 2.38 bits per heavy atom. The van der Waals surface area contributed by atoms with Crippen LogP contribution in [0.5, 0.6) is 0 Å². The monoisotopic (exact) mass is 455 g/mol. The van der Waals surface area contributed by atoms with Gasteiger partial charge in [-0.15, -0.1) is 10.2 Å². The SMILES string of the molecule is CCC(C)NC(=O)C(C)NC(=O)CSc1nnc(-c2ccc(F)cc2)n1-c1ccccc1. The van der Waals surface area contributed by atoms with E-state index in [0.29, 0.717) is 16.5 Å². The number of hydrogen-bond acceptors (Lipinski definition) is 5. The largest absolute Gasteiger partial charge is 0.352 e. The Morgan fingerprint density at radius 1 is 1.03 bits per heavy atom. The van der Waals surface area contributed by atoms with E-state index in [9.17, 15) is 14.0 Å². The van der Waals surface area contributed by atoms with Crippen molar-refractivity contribution >= 4 is 23.6 Å². The Kier molecular flexibility index (Phi) is 7.99. The molecule has 1 heterocycles. The lowest BCUT2D eigenvalue weighted by Gasteiger charge is -2.17. The highest BCUT2D eigenvalue weighted by Crippen LogP contribution is 2.28. The van der Waals surface area contributed by atoms with Gasteiger partial charge in [-0.25, -0.2) is 4.39 Å². The number of nitrogens with one attached hydrogen (secondary N) is 2. The molecule has 2 unspecified atom stereocenters. The van der Waals surface area contributed by atoms with E-state index in [1.807, 2.05) is 48.7 Å². The van der Waals surface area contributed by atoms with Gasteiger partial charge in [-0.1, -0.05) is 36.9 Å². The van der Waals surface area contributed by atoms with Crippen LogP contribution in [0.4, 0.5) is 4.39 Å². The smallest absolute Gasteiger partial charge is 0.242 e. The van der Waals surface area contributed by atoms with E-state index in [2.05, 4.69) is 20.8 Å². The predicted molar refractivity (Wildman–Crippen MR) is 123 cm³/mol. The van der Waals surface area contributed by atoms with Gasteiger partial charge in [0.15, 0.2) is 11.0 Å². The quantitative estimate of drug-likeness (QED) is 0.482. The first-order valence-corrected chi connectivity index (χ1v) is 11.4. The van der Waals surface area contributed by atoms with Crippen LogP contribution < -0.4 is 10.6 Å². The van der Waals surface area contributed by atoms with E-state index < -0.39 is 6.04 Å². The average Bonchev–Trinajstić information content (AvgIpc) is 3.22. The molecule has 7 nitrogen and oxygen atoms in total. The second kappa shape index (κ2) is 10.9. The summed E-state index contributed by atoms with van der Waals surface area (Å²) in [5.41, 5.74) is 1.52. The third-order valence-electron chi connectivity index (χ3n) is 4.85. The number of carbonyl (C=O) groups is 2. The molecule has 0 aliphatic rings. The van der Waals surface area contributed by atoms with E-state index in [4.69, 9.17) is 0 Å². The molecular weight excluding hydrogens is 429 g/mol. The zero-order valence-electron chi connectivity index (χ0n) is 18.2. The molecule has 0 aliphatic carbocycles. The maximum Gasteiger partial charge on any atom is 0.242 e. The summed E-state index contributed by atoms with van der Waals surface area (Å²) in [6.07, 6.45) is 0.813. The number of thioether (sulfide) groups is 1. The van der Waals surface area contributed by atoms with Crippen LogP contribution in [-0.2, 0) is 9.59 Å². The van der Waals surface area contributed by atoms with Crippen LogP contribution in [0.2, 0.25) is 0 Å². The Hall–Kier alpha value is -3.20. The van der Waals surface area contributed by atoms with Crippen molar-refractivity contribution in [2.24, 2.45) is 0 Å². The van der Waals surface area contributed by atoms with E-state index in [1.54, 1.807) is 19.1 Å². The van der Waals surface area contributed by atoms with Gasteiger partial charge in [0.05, 0.1) is 5.75 Å². The molecular formula is C23H26FN5O2S. The zero-order chi connectivity index (χ0) is 23.1. The minimum Gasteiger partial charge on any atom is -0.352 e. The molecule has 0 aliphatic heterocycles. The summed E-state index contributed by atoms with van der Waals surface area (Å²) < 4.78 is 15.2. The molecule has 0 spiro atoms. The molecule has 168 valence electrons. The normalized spacial score (nSPS) is 12.8. The van der Waals surface area contributed by atoms with Gasteiger partial charge in [0, 0.05) is 17.3 Å². The van der Waals surface area contributed by atoms with Crippen LogP contribution in [0, 0.1) is 5.82 Å². The molecule has 2 atom stereocenters. The van der Waals surface area contributed by atoms with Gasteiger partial charge >= 0.3 is 0 Å². The highest BCUT2D eigenvalue weighted by molar-refractivity contribution is 7.99. The van der Waals surface area contributed by atoms with E-state index in [1.165, 1.54) is 23.9 Å². The predicted octanol–water partition coefficient (Wildman–Crippen LogP) is 3.58. The number of halogens is 1. The van der Waals surface area contributed by atoms with Crippen LogP contribution in [-0.4, -0.2) is 44.4 Å². The Bertz CT molecular complexity index is 1060. The molecule has 9 heteroatoms. The van der Waals surface area contributed by atoms with Gasteiger partial charge < -0.3 is 10.6 Å². The maximum atomic E-state index is 13.4. The van der Waals surface area contributed by atoms with Crippen LogP contribution in [0.15, 0.2) is 59.8 Å². The minimum absolute atomic E-state index is 0.0468. The molecule has 2 aromatic carbocycles. The fourth-order valence-electron chi connectivity index (χ4n) is 2.91. The number of nitrogens with zero attached hydrogens (tertiary/aromatic N) is 3. The molecule has 2 amide bonds. The number of rotatable bonds is 9. The van der Waals surface area contributed by atoms with Gasteiger partial charge in [0.25, 0.3) is 0 Å². The summed E-state index contributed by atoms with van der Waals surface area (Å²) in [6.45, 7) is 5.55. The van der Waals surface area contributed by atoms with Crippen molar-refractivity contribution in [1.82, 2.24) is 25.4 Å². The van der Waals surface area contributed by atoms with E-state index in [0.717, 1.165) is 12.1 Å². The Balaban J connectivity index is 1.75. The van der Waals surface area contributed by atoms with Gasteiger partial charge in [-0.2, -0.15) is 0 Å². The molecule has 2 N–H and O–H groups in total. The standard InChI is InChI=1S/C23H26FN5O2S/c1-4-15(2)25-22(31)16(3)26-20(30)14-32-23-28-27-21(17-10-12-18(24)13-11-17)29(23)19-8-6-5-7-9-19/h5-13,15-16H,4,14H2,1-3H3,(H,25,31)(H,26,30). The van der Waals surface area contributed by atoms with Crippen LogP contribution >= 0.6 is 11.8 Å². The molecule has 0 fully saturated rings. The number of hydrogen-bond donors (Lipinski definition) is 2. The highest BCUT2D eigenvalue weighted by Gasteiger charge is 2.20. The third kappa shape index (κ3) is 5.94. The van der Waals surface area contributed by atoms with Crippen molar-refractivity contribution in [3.05, 3.63) is 60.4 Å². The molecule has 32 heavy (non-hydrogen) atoms. The summed E-state index contributed by atoms with van der Waals surface area (Å²) in [5.74, 6) is -0.232. The first kappa shape index (κ1) is 23.5. The average molecular weight is 456 g/mol. The van der Waals surface area contributed by atoms with Crippen molar-refractivity contribution in [2.75, 3.05) is 5.75 Å².